The van der Waals surface area contributed by atoms with E-state index in [2.05, 4.69) is 63.6 Å². The fraction of sp³-hybridized carbons (Fsp3) is 1.00. The molecule has 0 saturated carbocycles. The summed E-state index contributed by atoms with van der Waals surface area (Å²) in [4.78, 5) is 0. The van der Waals surface area contributed by atoms with Gasteiger partial charge in [0.05, 0.1) is 0 Å². The van der Waals surface area contributed by atoms with Gasteiger partial charge in [-0.1, -0.05) is 58.9 Å². The smallest absolute Gasteiger partial charge is 0.147 e. The average Bonchev–Trinajstić information content (AvgIpc) is 1.42. The van der Waals surface area contributed by atoms with E-state index in [1.165, 1.54) is 0 Å². The minimum Gasteiger partial charge on any atom is -0.360 e. The molecule has 5 heteroatoms. The van der Waals surface area contributed by atoms with Crippen LogP contribution in [0.25, 0.3) is 0 Å². The van der Waals surface area contributed by atoms with Crippen LogP contribution in [0, 0.1) is 0 Å². The van der Waals surface area contributed by atoms with Crippen LogP contribution in [0.5, 0.6) is 0 Å². The first-order valence-corrected chi connectivity index (χ1v) is 16.7. The zero-order valence-corrected chi connectivity index (χ0v) is 15.1. The number of hydrogen-bond acceptors (Lipinski definition) is 1. The topological polar surface area (TPSA) is 12.0 Å². The average molecular weight is 270 g/mol. The normalized spacial score (nSPS) is 13.3. The van der Waals surface area contributed by atoms with Crippen molar-refractivity contribution >= 4 is 34.9 Å². The third-order valence-electron chi connectivity index (χ3n) is 0.750. The van der Waals surface area contributed by atoms with E-state index in [4.69, 9.17) is 11.1 Å². The fourth-order valence-electron chi connectivity index (χ4n) is 1.12. The van der Waals surface area contributed by atoms with Crippen LogP contribution in [0.1, 0.15) is 0 Å². The van der Waals surface area contributed by atoms with Crippen LogP contribution in [0.2, 0.25) is 58.9 Å². The molecule has 0 spiro atoms. The molecule has 0 aliphatic rings. The maximum absolute atomic E-state index is 5.67. The van der Waals surface area contributed by atoms with Crippen molar-refractivity contribution in [2.45, 2.75) is 58.9 Å². The van der Waals surface area contributed by atoms with Crippen molar-refractivity contribution in [1.29, 1.82) is 0 Å². The van der Waals surface area contributed by atoms with Crippen LogP contribution in [0.3, 0.4) is 0 Å². The molecular formula is C9H28ClNSi3. The van der Waals surface area contributed by atoms with Crippen molar-refractivity contribution in [1.82, 2.24) is 4.65 Å². The van der Waals surface area contributed by atoms with E-state index in [0.29, 0.717) is 0 Å². The summed E-state index contributed by atoms with van der Waals surface area (Å²) in [6, 6.07) is 0. The summed E-state index contributed by atoms with van der Waals surface area (Å²) >= 11 is 5.67. The molecule has 0 fully saturated rings. The highest BCUT2D eigenvalue weighted by molar-refractivity contribution is 7.18. The van der Waals surface area contributed by atoms with Gasteiger partial charge < -0.3 is 4.65 Å². The van der Waals surface area contributed by atoms with E-state index in [1.807, 2.05) is 0 Å². The van der Waals surface area contributed by atoms with Gasteiger partial charge >= 0.3 is 0 Å². The second-order valence-corrected chi connectivity index (χ2v) is 24.2. The third-order valence-corrected chi connectivity index (χ3v) is 6.75. The zero-order chi connectivity index (χ0) is 12.2. The van der Waals surface area contributed by atoms with Crippen LogP contribution in [0.15, 0.2) is 0 Å². The van der Waals surface area contributed by atoms with E-state index >= 15 is 0 Å². The molecule has 1 N–H and O–H groups in total. The summed E-state index contributed by atoms with van der Waals surface area (Å²) in [6.45, 7) is 20.4. The van der Waals surface area contributed by atoms with Crippen LogP contribution < -0.4 is 4.65 Å². The third kappa shape index (κ3) is 38.4. The summed E-state index contributed by atoms with van der Waals surface area (Å²) < 4.78 is 3.74. The Morgan fingerprint density at radius 1 is 0.643 bits per heavy atom. The van der Waals surface area contributed by atoms with Crippen molar-refractivity contribution < 1.29 is 0 Å². The Kier molecular flexibility index (Phi) is 7.22. The molecule has 0 saturated heterocycles. The lowest BCUT2D eigenvalue weighted by Gasteiger charge is -2.28. The molecule has 0 aliphatic heterocycles. The first-order valence-electron chi connectivity index (χ1n) is 5.19. The Morgan fingerprint density at radius 2 is 0.786 bits per heavy atom. The summed E-state index contributed by atoms with van der Waals surface area (Å²) in [5, 5.41) is 0. The number of hydrogen-bond donors (Lipinski definition) is 1. The quantitative estimate of drug-likeness (QED) is 0.582. The Morgan fingerprint density at radius 3 is 0.786 bits per heavy atom. The van der Waals surface area contributed by atoms with Gasteiger partial charge in [0, 0.05) is 0 Å². The molecule has 1 nitrogen and oxygen atoms in total. The van der Waals surface area contributed by atoms with Gasteiger partial charge in [0.2, 0.25) is 0 Å². The molecular weight excluding hydrogens is 242 g/mol. The molecule has 0 aliphatic carbocycles. The summed E-state index contributed by atoms with van der Waals surface area (Å²) in [6.07, 6.45) is 0. The Labute approximate surface area is 98.5 Å². The van der Waals surface area contributed by atoms with Gasteiger partial charge in [-0.3, -0.25) is 0 Å². The molecule has 0 aromatic rings. The lowest BCUT2D eigenvalue weighted by atomic mass is 11.8. The zero-order valence-electron chi connectivity index (χ0n) is 11.4. The molecule has 0 aromatic heterocycles. The fourth-order valence-corrected chi connectivity index (χ4v) is 10.1. The standard InChI is InChI=1S/C6H19NSi2.C3H9ClSi/c1-8(2,3)7-9(4,5)6;1-5(2,3)4/h7H,1-6H3;1-3H3. The Balaban J connectivity index is 0. The van der Waals surface area contributed by atoms with Crippen molar-refractivity contribution in [3.63, 3.8) is 0 Å². The lowest BCUT2D eigenvalue weighted by molar-refractivity contribution is 1.30. The predicted molar refractivity (Wildman–Crippen MR) is 79.0 cm³/mol. The molecule has 0 atom stereocenters. The van der Waals surface area contributed by atoms with Gasteiger partial charge in [-0.2, -0.15) is 11.1 Å². The maximum Gasteiger partial charge on any atom is 0.147 e. The highest BCUT2D eigenvalue weighted by Crippen LogP contribution is 2.03. The molecule has 0 bridgehead atoms. The molecule has 0 amide bonds. The lowest BCUT2D eigenvalue weighted by Crippen LogP contribution is -2.55. The van der Waals surface area contributed by atoms with E-state index in [-0.39, 0.29) is 0 Å². The number of halogens is 1. The highest BCUT2D eigenvalue weighted by atomic mass is 35.6. The van der Waals surface area contributed by atoms with Gasteiger partial charge in [0.15, 0.2) is 0 Å². The maximum atomic E-state index is 5.67. The van der Waals surface area contributed by atoms with Crippen LogP contribution in [-0.2, 0) is 0 Å². The summed E-state index contributed by atoms with van der Waals surface area (Å²) in [7, 11) is -3.10. The summed E-state index contributed by atoms with van der Waals surface area (Å²) in [5.74, 6) is 0. The van der Waals surface area contributed by atoms with Gasteiger partial charge in [-0.25, -0.2) is 0 Å². The predicted octanol–water partition coefficient (Wildman–Crippen LogP) is 4.31. The van der Waals surface area contributed by atoms with Crippen LogP contribution in [0.4, 0.5) is 0 Å². The minimum atomic E-state index is -1.14. The summed E-state index contributed by atoms with van der Waals surface area (Å²) in [5.41, 5.74) is 0. The second kappa shape index (κ2) is 5.84. The molecule has 14 heavy (non-hydrogen) atoms. The molecule has 0 aromatic carbocycles. The number of nitrogens with one attached hydrogen (secondary N) is 1. The van der Waals surface area contributed by atoms with E-state index < -0.39 is 23.9 Å². The van der Waals surface area contributed by atoms with Crippen molar-refractivity contribution in [2.24, 2.45) is 0 Å². The van der Waals surface area contributed by atoms with Crippen LogP contribution >= 0.6 is 11.1 Å². The first-order chi connectivity index (χ1) is 5.71. The first kappa shape index (κ1) is 17.3. The van der Waals surface area contributed by atoms with Gasteiger partial charge in [0.25, 0.3) is 0 Å². The minimum absolute atomic E-state index is 0.981. The van der Waals surface area contributed by atoms with Gasteiger partial charge in [-0.15, -0.1) is 0 Å². The van der Waals surface area contributed by atoms with Crippen molar-refractivity contribution in [3.05, 3.63) is 0 Å². The van der Waals surface area contributed by atoms with Crippen molar-refractivity contribution in [2.75, 3.05) is 0 Å². The van der Waals surface area contributed by atoms with Crippen molar-refractivity contribution in [3.8, 4) is 0 Å². The van der Waals surface area contributed by atoms with E-state index in [1.54, 1.807) is 0 Å². The van der Waals surface area contributed by atoms with Crippen LogP contribution in [-0.4, -0.2) is 23.9 Å². The largest absolute Gasteiger partial charge is 0.360 e. The SMILES string of the molecule is C[Si](C)(C)Cl.C[Si](C)(C)N[Si](C)(C)C. The number of rotatable bonds is 2. The van der Waals surface area contributed by atoms with E-state index in [0.717, 1.165) is 0 Å². The van der Waals surface area contributed by atoms with Gasteiger partial charge in [0.1, 0.15) is 23.9 Å². The Bertz CT molecular complexity index is 135. The highest BCUT2D eigenvalue weighted by Gasteiger charge is 2.22. The molecule has 88 valence electrons. The second-order valence-electron chi connectivity index (χ2n) is 6.69. The van der Waals surface area contributed by atoms with Gasteiger partial charge in [-0.05, 0) is 0 Å². The molecule has 0 radical (unpaired) electrons. The molecule has 0 heterocycles. The Hall–Kier alpha value is 0.901. The monoisotopic (exact) mass is 269 g/mol. The van der Waals surface area contributed by atoms with E-state index in [9.17, 15) is 0 Å². The molecule has 0 unspecified atom stereocenters. The molecule has 0 rings (SSSR count).